The van der Waals surface area contributed by atoms with Gasteiger partial charge in [0.25, 0.3) is 5.69 Å². The van der Waals surface area contributed by atoms with Crippen molar-refractivity contribution in [2.24, 2.45) is 0 Å². The second-order valence-electron chi connectivity index (χ2n) is 5.20. The lowest BCUT2D eigenvalue weighted by Gasteiger charge is -2.02. The van der Waals surface area contributed by atoms with E-state index in [9.17, 15) is 19.7 Å². The number of thiazole rings is 1. The van der Waals surface area contributed by atoms with Crippen LogP contribution in [-0.4, -0.2) is 22.0 Å². The Labute approximate surface area is 151 Å². The summed E-state index contributed by atoms with van der Waals surface area (Å²) in [7, 11) is 0. The number of nitrogen functional groups attached to an aromatic ring is 1. The highest BCUT2D eigenvalue weighted by atomic mass is 32.1. The first-order valence-electron chi connectivity index (χ1n) is 7.36. The maximum Gasteiger partial charge on any atom is 0.280 e. The number of nitro groups is 1. The molecule has 0 unspecified atom stereocenters. The van der Waals surface area contributed by atoms with Crippen molar-refractivity contribution in [3.05, 3.63) is 74.6 Å². The number of ketones is 1. The van der Waals surface area contributed by atoms with Gasteiger partial charge in [-0.05, 0) is 30.3 Å². The van der Waals surface area contributed by atoms with Crippen LogP contribution in [0.1, 0.15) is 25.6 Å². The van der Waals surface area contributed by atoms with Crippen molar-refractivity contribution >= 4 is 45.7 Å². The van der Waals surface area contributed by atoms with Gasteiger partial charge in [-0.1, -0.05) is 23.5 Å². The zero-order chi connectivity index (χ0) is 18.7. The highest BCUT2D eigenvalue weighted by molar-refractivity contribution is 7.18. The van der Waals surface area contributed by atoms with Crippen molar-refractivity contribution in [1.29, 1.82) is 0 Å². The smallest absolute Gasteiger partial charge is 0.280 e. The number of anilines is 3. The first kappa shape index (κ1) is 17.2. The molecule has 3 rings (SSSR count). The van der Waals surface area contributed by atoms with Crippen molar-refractivity contribution < 1.29 is 14.5 Å². The van der Waals surface area contributed by atoms with Crippen LogP contribution in [0.5, 0.6) is 0 Å². The fourth-order valence-corrected chi connectivity index (χ4v) is 3.12. The summed E-state index contributed by atoms with van der Waals surface area (Å²) in [5, 5.41) is 14.5. The van der Waals surface area contributed by atoms with Crippen LogP contribution in [0.4, 0.5) is 22.3 Å². The van der Waals surface area contributed by atoms with Gasteiger partial charge in [-0.25, -0.2) is 4.98 Å². The van der Waals surface area contributed by atoms with Gasteiger partial charge in [-0.15, -0.1) is 0 Å². The number of rotatable bonds is 6. The summed E-state index contributed by atoms with van der Waals surface area (Å²) in [6.45, 7) is 0. The van der Waals surface area contributed by atoms with Gasteiger partial charge in [0.2, 0.25) is 5.78 Å². The summed E-state index contributed by atoms with van der Waals surface area (Å²) >= 11 is 0.999. The van der Waals surface area contributed by atoms with E-state index in [4.69, 9.17) is 5.73 Å². The number of para-hydroxylation sites is 1. The first-order valence-corrected chi connectivity index (χ1v) is 8.18. The molecule has 0 atom stereocenters. The standard InChI is InChI=1S/C17H12N4O4S/c18-16-15(14(23)12-3-1-2-4-13(12)21(24)25)26-17(20-16)19-11-7-5-10(9-22)6-8-11/h1-9H,18H2,(H,19,20). The Hall–Kier alpha value is -3.59. The minimum atomic E-state index is -0.613. The number of nitrogens with two attached hydrogens (primary N) is 1. The zero-order valence-corrected chi connectivity index (χ0v) is 14.0. The third kappa shape index (κ3) is 3.42. The number of hydrogen-bond donors (Lipinski definition) is 2. The van der Waals surface area contributed by atoms with E-state index in [1.165, 1.54) is 18.2 Å². The van der Waals surface area contributed by atoms with Crippen LogP contribution in [0, 0.1) is 10.1 Å². The minimum absolute atomic E-state index is 0.00911. The number of nitro benzene ring substituents is 1. The van der Waals surface area contributed by atoms with Gasteiger partial charge in [-0.2, -0.15) is 0 Å². The van der Waals surface area contributed by atoms with Gasteiger partial charge in [0, 0.05) is 17.3 Å². The third-order valence-electron chi connectivity index (χ3n) is 3.50. The van der Waals surface area contributed by atoms with E-state index in [1.807, 2.05) is 0 Å². The first-order chi connectivity index (χ1) is 12.5. The summed E-state index contributed by atoms with van der Waals surface area (Å²) in [5.74, 6) is -0.568. The number of aromatic nitrogens is 1. The molecule has 9 heteroatoms. The lowest BCUT2D eigenvalue weighted by Crippen LogP contribution is -2.06. The molecule has 130 valence electrons. The van der Waals surface area contributed by atoms with Crippen LogP contribution >= 0.6 is 11.3 Å². The third-order valence-corrected chi connectivity index (χ3v) is 4.49. The molecule has 0 aliphatic carbocycles. The van der Waals surface area contributed by atoms with E-state index in [0.29, 0.717) is 16.4 Å². The largest absolute Gasteiger partial charge is 0.382 e. The molecule has 0 fully saturated rings. The Morgan fingerprint density at radius 1 is 1.19 bits per heavy atom. The molecule has 0 saturated heterocycles. The van der Waals surface area contributed by atoms with E-state index in [1.54, 1.807) is 30.3 Å². The van der Waals surface area contributed by atoms with Crippen molar-refractivity contribution in [3.63, 3.8) is 0 Å². The Morgan fingerprint density at radius 3 is 2.54 bits per heavy atom. The molecule has 0 radical (unpaired) electrons. The number of hydrogen-bond acceptors (Lipinski definition) is 8. The van der Waals surface area contributed by atoms with E-state index >= 15 is 0 Å². The summed E-state index contributed by atoms with van der Waals surface area (Å²) in [6.07, 6.45) is 0.731. The predicted molar refractivity (Wildman–Crippen MR) is 98.2 cm³/mol. The molecule has 0 aliphatic heterocycles. The monoisotopic (exact) mass is 368 g/mol. The van der Waals surface area contributed by atoms with Crippen LogP contribution in [-0.2, 0) is 0 Å². The van der Waals surface area contributed by atoms with Gasteiger partial charge < -0.3 is 11.1 Å². The minimum Gasteiger partial charge on any atom is -0.382 e. The fraction of sp³-hybridized carbons (Fsp3) is 0. The molecule has 0 spiro atoms. The molecule has 1 heterocycles. The van der Waals surface area contributed by atoms with E-state index in [-0.39, 0.29) is 21.9 Å². The Bertz CT molecular complexity index is 998. The predicted octanol–water partition coefficient (Wildman–Crippen LogP) is 3.42. The topological polar surface area (TPSA) is 128 Å². The summed E-state index contributed by atoms with van der Waals surface area (Å²) in [5.41, 5.74) is 6.68. The van der Waals surface area contributed by atoms with Gasteiger partial charge in [0.1, 0.15) is 22.5 Å². The van der Waals surface area contributed by atoms with Gasteiger partial charge >= 0.3 is 0 Å². The van der Waals surface area contributed by atoms with Crippen LogP contribution < -0.4 is 11.1 Å². The van der Waals surface area contributed by atoms with Crippen LogP contribution in [0.15, 0.2) is 48.5 Å². The van der Waals surface area contributed by atoms with Gasteiger partial charge in [0.15, 0.2) is 5.13 Å². The quantitative estimate of drug-likeness (QED) is 0.295. The maximum atomic E-state index is 12.7. The number of carbonyl (C=O) groups excluding carboxylic acids is 2. The molecule has 8 nitrogen and oxygen atoms in total. The van der Waals surface area contributed by atoms with Crippen molar-refractivity contribution in [2.75, 3.05) is 11.1 Å². The van der Waals surface area contributed by atoms with Crippen LogP contribution in [0.25, 0.3) is 0 Å². The lowest BCUT2D eigenvalue weighted by molar-refractivity contribution is -0.385. The Morgan fingerprint density at radius 2 is 1.88 bits per heavy atom. The number of carbonyl (C=O) groups is 2. The number of benzene rings is 2. The molecular formula is C17H12N4O4S. The molecule has 0 aliphatic rings. The second kappa shape index (κ2) is 7.11. The number of aldehydes is 1. The molecule has 0 bridgehead atoms. The molecular weight excluding hydrogens is 356 g/mol. The van der Waals surface area contributed by atoms with Gasteiger partial charge in [0.05, 0.1) is 4.92 Å². The van der Waals surface area contributed by atoms with E-state index in [0.717, 1.165) is 17.6 Å². The second-order valence-corrected chi connectivity index (χ2v) is 6.20. The normalized spacial score (nSPS) is 10.3. The van der Waals surface area contributed by atoms with Crippen molar-refractivity contribution in [2.45, 2.75) is 0 Å². The van der Waals surface area contributed by atoms with Crippen LogP contribution in [0.3, 0.4) is 0 Å². The van der Waals surface area contributed by atoms with Crippen LogP contribution in [0.2, 0.25) is 0 Å². The average Bonchev–Trinajstić information content (AvgIpc) is 3.01. The number of nitrogens with zero attached hydrogens (tertiary/aromatic N) is 2. The SMILES string of the molecule is Nc1nc(Nc2ccc(C=O)cc2)sc1C(=O)c1ccccc1[N+](=O)[O-]. The Kier molecular flexibility index (Phi) is 4.72. The van der Waals surface area contributed by atoms with Gasteiger partial charge in [-0.3, -0.25) is 19.7 Å². The van der Waals surface area contributed by atoms with E-state index < -0.39 is 10.7 Å². The zero-order valence-electron chi connectivity index (χ0n) is 13.2. The summed E-state index contributed by atoms with van der Waals surface area (Å²) in [4.78, 5) is 38.1. The lowest BCUT2D eigenvalue weighted by atomic mass is 10.1. The summed E-state index contributed by atoms with van der Waals surface area (Å²) < 4.78 is 0. The van der Waals surface area contributed by atoms with Crippen molar-refractivity contribution in [1.82, 2.24) is 4.98 Å². The molecule has 1 aromatic heterocycles. The number of nitrogens with one attached hydrogen (secondary N) is 1. The molecule has 3 N–H and O–H groups in total. The highest BCUT2D eigenvalue weighted by Gasteiger charge is 2.25. The summed E-state index contributed by atoms with van der Waals surface area (Å²) in [6, 6.07) is 12.3. The van der Waals surface area contributed by atoms with E-state index in [2.05, 4.69) is 10.3 Å². The molecule has 3 aromatic rings. The fourth-order valence-electron chi connectivity index (χ4n) is 2.26. The maximum absolute atomic E-state index is 12.7. The average molecular weight is 368 g/mol. The highest BCUT2D eigenvalue weighted by Crippen LogP contribution is 2.31. The molecule has 2 aromatic carbocycles. The molecule has 0 amide bonds. The Balaban J connectivity index is 1.89. The molecule has 26 heavy (non-hydrogen) atoms. The molecule has 0 saturated carbocycles. The van der Waals surface area contributed by atoms with Crippen molar-refractivity contribution in [3.8, 4) is 0 Å².